The van der Waals surface area contributed by atoms with Gasteiger partial charge in [-0.05, 0) is 59.9 Å². The molecule has 8 nitrogen and oxygen atoms in total. The number of rotatable bonds is 10. The molecule has 0 spiro atoms. The molecule has 1 unspecified atom stereocenters. The maximum absolute atomic E-state index is 13.5. The van der Waals surface area contributed by atoms with Crippen LogP contribution >= 0.6 is 0 Å². The molecule has 3 rings (SSSR count). The first kappa shape index (κ1) is 26.9. The zero-order chi connectivity index (χ0) is 26.3. The normalized spacial score (nSPS) is 12.1. The fourth-order valence-corrected chi connectivity index (χ4v) is 5.02. The van der Waals surface area contributed by atoms with Crippen LogP contribution in [-0.2, 0) is 26.0 Å². The number of hydrogen-bond donors (Lipinski definition) is 3. The third-order valence-electron chi connectivity index (χ3n) is 5.51. The zero-order valence-corrected chi connectivity index (χ0v) is 21.6. The van der Waals surface area contributed by atoms with Crippen molar-refractivity contribution >= 4 is 33.2 Å². The Morgan fingerprint density at radius 3 is 2.06 bits per heavy atom. The van der Waals surface area contributed by atoms with Gasteiger partial charge in [-0.3, -0.25) is 9.59 Å². The minimum atomic E-state index is -4.12. The van der Waals surface area contributed by atoms with E-state index < -0.39 is 22.0 Å². The Kier molecular flexibility index (Phi) is 8.84. The van der Waals surface area contributed by atoms with E-state index in [1.54, 1.807) is 36.4 Å². The summed E-state index contributed by atoms with van der Waals surface area (Å²) >= 11 is 0. The number of amides is 2. The maximum atomic E-state index is 13.5. The van der Waals surface area contributed by atoms with Crippen molar-refractivity contribution in [2.75, 3.05) is 17.7 Å². The molecule has 0 fully saturated rings. The van der Waals surface area contributed by atoms with Crippen LogP contribution in [0.5, 0.6) is 5.75 Å². The largest absolute Gasteiger partial charge is 0.495 e. The van der Waals surface area contributed by atoms with E-state index >= 15 is 0 Å². The lowest BCUT2D eigenvalue weighted by Gasteiger charge is -2.20. The quantitative estimate of drug-likeness (QED) is 0.377. The van der Waals surface area contributed by atoms with Gasteiger partial charge in [0.05, 0.1) is 7.11 Å². The van der Waals surface area contributed by atoms with Crippen molar-refractivity contribution in [2.45, 2.75) is 44.0 Å². The summed E-state index contributed by atoms with van der Waals surface area (Å²) in [5, 5.41) is 5.42. The molecule has 190 valence electrons. The Labute approximate surface area is 212 Å². The lowest BCUT2D eigenvalue weighted by Crippen LogP contribution is -2.45. The minimum absolute atomic E-state index is 0.0262. The topological polar surface area (TPSA) is 114 Å². The van der Waals surface area contributed by atoms with Gasteiger partial charge >= 0.3 is 0 Å². The van der Waals surface area contributed by atoms with Gasteiger partial charge in [-0.25, -0.2) is 8.42 Å². The second kappa shape index (κ2) is 11.8. The zero-order valence-electron chi connectivity index (χ0n) is 20.7. The third kappa shape index (κ3) is 7.16. The van der Waals surface area contributed by atoms with Crippen molar-refractivity contribution < 1.29 is 22.7 Å². The highest BCUT2D eigenvalue weighted by molar-refractivity contribution is 7.89. The van der Waals surface area contributed by atoms with E-state index in [1.165, 1.54) is 14.0 Å². The standard InChI is InChI=1S/C27H31N3O5S/c1-18(2)21-10-15-25(35-4)26(17-21)36(33,34)30-24(16-20-8-6-5-7-9-20)27(32)29-23-13-11-22(12-14-23)28-19(3)31/h5-15,17-18,24,30H,16H2,1-4H3,(H,28,31)(H,29,32). The van der Waals surface area contributed by atoms with Crippen molar-refractivity contribution in [3.63, 3.8) is 0 Å². The summed E-state index contributed by atoms with van der Waals surface area (Å²) in [7, 11) is -2.71. The highest BCUT2D eigenvalue weighted by atomic mass is 32.2. The van der Waals surface area contributed by atoms with E-state index in [0.717, 1.165) is 11.1 Å². The molecule has 3 aromatic rings. The molecule has 0 saturated carbocycles. The predicted molar refractivity (Wildman–Crippen MR) is 141 cm³/mol. The maximum Gasteiger partial charge on any atom is 0.245 e. The van der Waals surface area contributed by atoms with Crippen LogP contribution in [0, 0.1) is 0 Å². The van der Waals surface area contributed by atoms with Gasteiger partial charge in [0.1, 0.15) is 16.7 Å². The van der Waals surface area contributed by atoms with E-state index in [0.29, 0.717) is 11.4 Å². The molecule has 0 aromatic heterocycles. The second-order valence-electron chi connectivity index (χ2n) is 8.68. The average Bonchev–Trinajstić information content (AvgIpc) is 2.84. The fourth-order valence-electron chi connectivity index (χ4n) is 3.62. The smallest absolute Gasteiger partial charge is 0.245 e. The van der Waals surface area contributed by atoms with Gasteiger partial charge in [-0.1, -0.05) is 50.2 Å². The van der Waals surface area contributed by atoms with Gasteiger partial charge in [-0.15, -0.1) is 0 Å². The Bertz CT molecular complexity index is 1310. The van der Waals surface area contributed by atoms with E-state index in [1.807, 2.05) is 50.2 Å². The predicted octanol–water partition coefficient (Wildman–Crippen LogP) is 4.31. The van der Waals surface area contributed by atoms with Crippen LogP contribution in [0.1, 0.15) is 37.8 Å². The van der Waals surface area contributed by atoms with Gasteiger partial charge in [0.15, 0.2) is 0 Å². The summed E-state index contributed by atoms with van der Waals surface area (Å²) in [6, 6.07) is 19.6. The van der Waals surface area contributed by atoms with E-state index in [9.17, 15) is 18.0 Å². The van der Waals surface area contributed by atoms with Crippen LogP contribution in [0.25, 0.3) is 0 Å². The van der Waals surface area contributed by atoms with Gasteiger partial charge < -0.3 is 15.4 Å². The summed E-state index contributed by atoms with van der Waals surface area (Å²) in [5.41, 5.74) is 2.67. The Morgan fingerprint density at radius 2 is 1.50 bits per heavy atom. The Morgan fingerprint density at radius 1 is 0.889 bits per heavy atom. The molecular formula is C27H31N3O5S. The van der Waals surface area contributed by atoms with E-state index in [-0.39, 0.29) is 28.9 Å². The highest BCUT2D eigenvalue weighted by Gasteiger charge is 2.29. The molecule has 0 heterocycles. The van der Waals surface area contributed by atoms with Crippen molar-refractivity contribution in [3.8, 4) is 5.75 Å². The molecule has 0 bridgehead atoms. The van der Waals surface area contributed by atoms with Gasteiger partial charge in [0, 0.05) is 18.3 Å². The number of hydrogen-bond acceptors (Lipinski definition) is 5. The molecule has 0 saturated heterocycles. The van der Waals surface area contributed by atoms with Crippen LogP contribution < -0.4 is 20.1 Å². The van der Waals surface area contributed by atoms with Crippen molar-refractivity contribution in [2.24, 2.45) is 0 Å². The fraction of sp³-hybridized carbons (Fsp3) is 0.259. The average molecular weight is 510 g/mol. The minimum Gasteiger partial charge on any atom is -0.495 e. The van der Waals surface area contributed by atoms with Gasteiger partial charge in [0.25, 0.3) is 0 Å². The Hall–Kier alpha value is -3.69. The molecule has 2 amide bonds. The molecule has 9 heteroatoms. The molecule has 3 aromatic carbocycles. The second-order valence-corrected chi connectivity index (χ2v) is 10.4. The van der Waals surface area contributed by atoms with Crippen molar-refractivity contribution in [1.82, 2.24) is 4.72 Å². The highest BCUT2D eigenvalue weighted by Crippen LogP contribution is 2.28. The lowest BCUT2D eigenvalue weighted by molar-refractivity contribution is -0.117. The summed E-state index contributed by atoms with van der Waals surface area (Å²) in [6.07, 6.45) is 0.141. The first-order valence-electron chi connectivity index (χ1n) is 11.5. The van der Waals surface area contributed by atoms with Crippen molar-refractivity contribution in [3.05, 3.63) is 83.9 Å². The number of benzene rings is 3. The molecule has 0 aliphatic rings. The first-order chi connectivity index (χ1) is 17.1. The van der Waals surface area contributed by atoms with Crippen LogP contribution in [0.3, 0.4) is 0 Å². The van der Waals surface area contributed by atoms with Crippen molar-refractivity contribution in [1.29, 1.82) is 0 Å². The summed E-state index contributed by atoms with van der Waals surface area (Å²) < 4.78 is 34.9. The van der Waals surface area contributed by atoms with E-state index in [4.69, 9.17) is 4.74 Å². The number of nitrogens with one attached hydrogen (secondary N) is 3. The molecule has 0 radical (unpaired) electrons. The molecule has 3 N–H and O–H groups in total. The number of carbonyl (C=O) groups is 2. The van der Waals surface area contributed by atoms with Gasteiger partial charge in [0.2, 0.25) is 21.8 Å². The van der Waals surface area contributed by atoms with Crippen LogP contribution in [-0.4, -0.2) is 33.4 Å². The molecule has 0 aliphatic carbocycles. The number of methoxy groups -OCH3 is 1. The molecular weight excluding hydrogens is 478 g/mol. The van der Waals surface area contributed by atoms with Gasteiger partial charge in [-0.2, -0.15) is 4.72 Å². The number of sulfonamides is 1. The van der Waals surface area contributed by atoms with E-state index in [2.05, 4.69) is 15.4 Å². The molecule has 0 aliphatic heterocycles. The number of carbonyl (C=O) groups excluding carboxylic acids is 2. The molecule has 1 atom stereocenters. The molecule has 36 heavy (non-hydrogen) atoms. The van der Waals surface area contributed by atoms with Crippen LogP contribution in [0.15, 0.2) is 77.7 Å². The van der Waals surface area contributed by atoms with Crippen LogP contribution in [0.4, 0.5) is 11.4 Å². The number of ether oxygens (including phenoxy) is 1. The summed E-state index contributed by atoms with van der Waals surface area (Å²) in [4.78, 5) is 24.5. The van der Waals surface area contributed by atoms with Crippen LogP contribution in [0.2, 0.25) is 0 Å². The first-order valence-corrected chi connectivity index (χ1v) is 13.0. The summed E-state index contributed by atoms with van der Waals surface area (Å²) in [5.74, 6) is -0.428. The third-order valence-corrected chi connectivity index (χ3v) is 7.01. The number of anilines is 2. The summed E-state index contributed by atoms with van der Waals surface area (Å²) in [6.45, 7) is 5.34. The monoisotopic (exact) mass is 509 g/mol. The Balaban J connectivity index is 1.90. The lowest BCUT2D eigenvalue weighted by atomic mass is 10.0. The SMILES string of the molecule is COc1ccc(C(C)C)cc1S(=O)(=O)NC(Cc1ccccc1)C(=O)Nc1ccc(NC(C)=O)cc1.